The number of hydrogen-bond acceptors (Lipinski definition) is 5. The minimum atomic E-state index is -4.13. The third-order valence-electron chi connectivity index (χ3n) is 6.28. The van der Waals surface area contributed by atoms with Gasteiger partial charge in [-0.1, -0.05) is 32.0 Å². The van der Waals surface area contributed by atoms with Gasteiger partial charge in [-0.15, -0.1) is 0 Å². The van der Waals surface area contributed by atoms with Crippen molar-refractivity contribution < 1.29 is 13.2 Å². The second-order valence-corrected chi connectivity index (χ2v) is 11.3. The Morgan fingerprint density at radius 1 is 0.972 bits per heavy atom. The van der Waals surface area contributed by atoms with Gasteiger partial charge in [0.15, 0.2) is 0 Å². The largest absolute Gasteiger partial charge is 0.325 e. The highest BCUT2D eigenvalue weighted by Gasteiger charge is 2.25. The maximum absolute atomic E-state index is 13.5. The first-order chi connectivity index (χ1) is 17.0. The van der Waals surface area contributed by atoms with E-state index in [1.54, 1.807) is 31.2 Å². The second kappa shape index (κ2) is 9.70. The molecule has 0 saturated heterocycles. The molecule has 36 heavy (non-hydrogen) atoms. The maximum Gasteiger partial charge on any atom is 0.244 e. The van der Waals surface area contributed by atoms with Crippen molar-refractivity contribution in [2.24, 2.45) is 0 Å². The van der Waals surface area contributed by atoms with E-state index in [-0.39, 0.29) is 28.4 Å². The average molecular weight is 504 g/mol. The quantitative estimate of drug-likeness (QED) is 0.403. The number of nitrogens with zero attached hydrogens (tertiary/aromatic N) is 2. The molecule has 4 aromatic rings. The standard InChI is InChI=1S/C28H29N3O4S/c1-17(2)21-8-10-22(11-9-21)30-26(32)16-31-15-25(27(33)24-13-7-20(5)29-28(24)31)36(34,35)23-12-6-18(3)19(4)14-23/h6-15,17H,16H2,1-5H3,(H,30,32). The van der Waals surface area contributed by atoms with Crippen LogP contribution in [-0.2, 0) is 21.2 Å². The molecule has 2 aromatic heterocycles. The molecule has 0 aliphatic heterocycles. The molecule has 4 rings (SSSR count). The Labute approximate surface area is 210 Å². The van der Waals surface area contributed by atoms with Crippen molar-refractivity contribution in [2.75, 3.05) is 5.32 Å². The van der Waals surface area contributed by atoms with Gasteiger partial charge in [-0.2, -0.15) is 0 Å². The first-order valence-electron chi connectivity index (χ1n) is 11.7. The van der Waals surface area contributed by atoms with Crippen molar-refractivity contribution in [3.05, 3.63) is 93.4 Å². The van der Waals surface area contributed by atoms with E-state index in [4.69, 9.17) is 0 Å². The molecule has 2 aromatic carbocycles. The lowest BCUT2D eigenvalue weighted by Gasteiger charge is -2.14. The zero-order valence-electron chi connectivity index (χ0n) is 21.0. The number of hydrogen-bond donors (Lipinski definition) is 1. The van der Waals surface area contributed by atoms with E-state index in [1.165, 1.54) is 16.8 Å². The summed E-state index contributed by atoms with van der Waals surface area (Å²) >= 11 is 0. The van der Waals surface area contributed by atoms with Gasteiger partial charge in [0.2, 0.25) is 21.2 Å². The van der Waals surface area contributed by atoms with E-state index in [2.05, 4.69) is 24.1 Å². The Morgan fingerprint density at radius 3 is 2.31 bits per heavy atom. The van der Waals surface area contributed by atoms with Gasteiger partial charge in [0.05, 0.1) is 10.3 Å². The molecule has 8 heteroatoms. The molecular weight excluding hydrogens is 474 g/mol. The zero-order chi connectivity index (χ0) is 26.2. The molecule has 0 unspecified atom stereocenters. The van der Waals surface area contributed by atoms with E-state index in [0.717, 1.165) is 16.7 Å². The van der Waals surface area contributed by atoms with Crippen LogP contribution in [0.15, 0.2) is 75.4 Å². The highest BCUT2D eigenvalue weighted by atomic mass is 32.2. The number of sulfone groups is 1. The summed E-state index contributed by atoms with van der Waals surface area (Å²) in [5.41, 5.74) is 3.79. The molecule has 0 radical (unpaired) electrons. The van der Waals surface area contributed by atoms with Crippen molar-refractivity contribution in [1.29, 1.82) is 0 Å². The topological polar surface area (TPSA) is 98.1 Å². The van der Waals surface area contributed by atoms with Crippen LogP contribution in [0, 0.1) is 20.8 Å². The SMILES string of the molecule is Cc1ccc2c(=O)c(S(=O)(=O)c3ccc(C)c(C)c3)cn(CC(=O)Nc3ccc(C(C)C)cc3)c2n1. The molecule has 1 N–H and O–H groups in total. The van der Waals surface area contributed by atoms with Gasteiger partial charge in [-0.3, -0.25) is 9.59 Å². The number of carbonyl (C=O) groups is 1. The van der Waals surface area contributed by atoms with Gasteiger partial charge >= 0.3 is 0 Å². The number of carbonyl (C=O) groups excluding carboxylic acids is 1. The van der Waals surface area contributed by atoms with Gasteiger partial charge < -0.3 is 9.88 Å². The van der Waals surface area contributed by atoms with Crippen LogP contribution in [0.25, 0.3) is 11.0 Å². The number of benzene rings is 2. The molecule has 2 heterocycles. The lowest BCUT2D eigenvalue weighted by molar-refractivity contribution is -0.116. The molecule has 186 valence electrons. The predicted molar refractivity (Wildman–Crippen MR) is 141 cm³/mol. The Hall–Kier alpha value is -3.78. The van der Waals surface area contributed by atoms with E-state index in [0.29, 0.717) is 17.3 Å². The van der Waals surface area contributed by atoms with E-state index in [1.807, 2.05) is 38.1 Å². The van der Waals surface area contributed by atoms with Crippen molar-refractivity contribution in [1.82, 2.24) is 9.55 Å². The van der Waals surface area contributed by atoms with E-state index >= 15 is 0 Å². The summed E-state index contributed by atoms with van der Waals surface area (Å²) in [6.45, 7) is 9.44. The normalized spacial score (nSPS) is 11.7. The van der Waals surface area contributed by atoms with Crippen LogP contribution in [0.3, 0.4) is 0 Å². The minimum Gasteiger partial charge on any atom is -0.325 e. The summed E-state index contributed by atoms with van der Waals surface area (Å²) in [6.07, 6.45) is 1.23. The lowest BCUT2D eigenvalue weighted by atomic mass is 10.0. The average Bonchev–Trinajstić information content (AvgIpc) is 2.82. The molecule has 7 nitrogen and oxygen atoms in total. The Kier molecular flexibility index (Phi) is 6.82. The van der Waals surface area contributed by atoms with Crippen LogP contribution >= 0.6 is 0 Å². The third kappa shape index (κ3) is 4.95. The number of fused-ring (bicyclic) bond motifs is 1. The molecular formula is C28H29N3O4S. The monoisotopic (exact) mass is 503 g/mol. The number of amides is 1. The Morgan fingerprint density at radius 2 is 1.67 bits per heavy atom. The fourth-order valence-corrected chi connectivity index (χ4v) is 5.41. The van der Waals surface area contributed by atoms with E-state index in [9.17, 15) is 18.0 Å². The Bertz CT molecular complexity index is 1640. The van der Waals surface area contributed by atoms with Crippen molar-refractivity contribution >= 4 is 32.5 Å². The Balaban J connectivity index is 1.77. The number of aromatic nitrogens is 2. The summed E-state index contributed by atoms with van der Waals surface area (Å²) in [5, 5.41) is 2.98. The van der Waals surface area contributed by atoms with E-state index < -0.39 is 20.2 Å². The molecule has 1 amide bonds. The third-order valence-corrected chi connectivity index (χ3v) is 8.03. The number of aryl methyl sites for hydroxylation is 3. The summed E-state index contributed by atoms with van der Waals surface area (Å²) in [7, 11) is -4.13. The lowest BCUT2D eigenvalue weighted by Crippen LogP contribution is -2.24. The summed E-state index contributed by atoms with van der Waals surface area (Å²) in [4.78, 5) is 30.3. The van der Waals surface area contributed by atoms with Crippen LogP contribution < -0.4 is 10.7 Å². The molecule has 0 aliphatic carbocycles. The number of anilines is 1. The van der Waals surface area contributed by atoms with Crippen LogP contribution in [0.5, 0.6) is 0 Å². The van der Waals surface area contributed by atoms with Crippen molar-refractivity contribution in [2.45, 2.75) is 56.9 Å². The zero-order valence-corrected chi connectivity index (χ0v) is 21.8. The highest BCUT2D eigenvalue weighted by molar-refractivity contribution is 7.91. The smallest absolute Gasteiger partial charge is 0.244 e. The summed E-state index contributed by atoms with van der Waals surface area (Å²) in [6, 6.07) is 15.5. The number of rotatable bonds is 6. The first kappa shape index (κ1) is 25.3. The fourth-order valence-electron chi connectivity index (χ4n) is 3.96. The van der Waals surface area contributed by atoms with Crippen LogP contribution in [0.2, 0.25) is 0 Å². The molecule has 0 atom stereocenters. The molecule has 0 fully saturated rings. The molecule has 0 spiro atoms. The summed E-state index contributed by atoms with van der Waals surface area (Å²) < 4.78 is 28.4. The van der Waals surface area contributed by atoms with Crippen LogP contribution in [-0.4, -0.2) is 23.9 Å². The molecule has 0 bridgehead atoms. The first-order valence-corrected chi connectivity index (χ1v) is 13.2. The maximum atomic E-state index is 13.5. The van der Waals surface area contributed by atoms with Gasteiger partial charge in [-0.05, 0) is 79.8 Å². The second-order valence-electron chi connectivity index (χ2n) is 9.35. The highest BCUT2D eigenvalue weighted by Crippen LogP contribution is 2.23. The van der Waals surface area contributed by atoms with Crippen LogP contribution in [0.1, 0.15) is 42.1 Å². The predicted octanol–water partition coefficient (Wildman–Crippen LogP) is 4.92. The summed E-state index contributed by atoms with van der Waals surface area (Å²) in [5.74, 6) is 0.00404. The van der Waals surface area contributed by atoms with Crippen molar-refractivity contribution in [3.8, 4) is 0 Å². The number of nitrogens with one attached hydrogen (secondary N) is 1. The minimum absolute atomic E-state index is 0.0309. The fraction of sp³-hybridized carbons (Fsp3) is 0.250. The molecule has 0 saturated carbocycles. The van der Waals surface area contributed by atoms with Gasteiger partial charge in [0.25, 0.3) is 0 Å². The van der Waals surface area contributed by atoms with Gasteiger partial charge in [-0.25, -0.2) is 13.4 Å². The van der Waals surface area contributed by atoms with Gasteiger partial charge in [0, 0.05) is 17.6 Å². The van der Waals surface area contributed by atoms with Gasteiger partial charge in [0.1, 0.15) is 17.1 Å². The van der Waals surface area contributed by atoms with Crippen molar-refractivity contribution in [3.63, 3.8) is 0 Å². The van der Waals surface area contributed by atoms with Crippen LogP contribution in [0.4, 0.5) is 5.69 Å². The number of pyridine rings is 2. The molecule has 0 aliphatic rings.